The summed E-state index contributed by atoms with van der Waals surface area (Å²) in [5.41, 5.74) is 0.993. The number of hydrogen-bond donors (Lipinski definition) is 2. The molecule has 3 aromatic rings. The third-order valence-electron chi connectivity index (χ3n) is 6.89. The molecule has 1 fully saturated rings. The smallest absolute Gasteiger partial charge is 0.416 e. The van der Waals surface area contributed by atoms with Gasteiger partial charge in [-0.25, -0.2) is 9.78 Å². The first-order valence-corrected chi connectivity index (χ1v) is 14.2. The molecule has 2 heterocycles. The first kappa shape index (κ1) is 32.5. The van der Waals surface area contributed by atoms with Gasteiger partial charge in [0.2, 0.25) is 0 Å². The molecule has 2 aromatic carbocycles. The Bertz CT molecular complexity index is 1580. The van der Waals surface area contributed by atoms with Crippen LogP contribution >= 0.6 is 0 Å². The van der Waals surface area contributed by atoms with Crippen molar-refractivity contribution in [3.63, 3.8) is 0 Å². The third kappa shape index (κ3) is 9.30. The van der Waals surface area contributed by atoms with Crippen molar-refractivity contribution < 1.29 is 27.5 Å². The van der Waals surface area contributed by atoms with Gasteiger partial charge in [-0.2, -0.15) is 13.2 Å². The third-order valence-corrected chi connectivity index (χ3v) is 6.89. The van der Waals surface area contributed by atoms with Gasteiger partial charge in [0.15, 0.2) is 0 Å². The van der Waals surface area contributed by atoms with Crippen LogP contribution in [0.15, 0.2) is 54.7 Å². The van der Waals surface area contributed by atoms with Crippen LogP contribution in [0.25, 0.3) is 0 Å². The van der Waals surface area contributed by atoms with Gasteiger partial charge in [0.05, 0.1) is 5.56 Å². The summed E-state index contributed by atoms with van der Waals surface area (Å²) < 4.78 is 47.2. The molecule has 0 spiro atoms. The lowest BCUT2D eigenvalue weighted by molar-refractivity contribution is -0.138. The average Bonchev–Trinajstić information content (AvgIpc) is 2.93. The summed E-state index contributed by atoms with van der Waals surface area (Å²) in [6.07, 6.45) is -3.71. The van der Waals surface area contributed by atoms with Crippen molar-refractivity contribution in [2.24, 2.45) is 0 Å². The van der Waals surface area contributed by atoms with Gasteiger partial charge in [-0.3, -0.25) is 15.0 Å². The molecule has 0 bridgehead atoms. The van der Waals surface area contributed by atoms with Crippen molar-refractivity contribution in [1.82, 2.24) is 14.8 Å². The van der Waals surface area contributed by atoms with E-state index in [-0.39, 0.29) is 29.2 Å². The molecule has 1 aromatic heterocycles. The Morgan fingerprint density at radius 2 is 1.68 bits per heavy atom. The molecular weight excluding hydrogens is 571 g/mol. The van der Waals surface area contributed by atoms with E-state index in [0.717, 1.165) is 24.7 Å². The Hall–Kier alpha value is -4.40. The highest BCUT2D eigenvalue weighted by Crippen LogP contribution is 2.34. The normalized spacial score (nSPS) is 14.4. The van der Waals surface area contributed by atoms with Crippen molar-refractivity contribution in [2.75, 3.05) is 43.9 Å². The summed E-state index contributed by atoms with van der Waals surface area (Å²) in [7, 11) is 1.99. The number of likely N-dealkylation sites (N-methyl/N-ethyl adjacent to an activating group) is 1. The summed E-state index contributed by atoms with van der Waals surface area (Å²) >= 11 is 0. The molecule has 1 saturated heterocycles. The SMILES string of the molecule is Cc1ccc(C(=O)Nc2ccc(CN3CCN(C)CC3)c(C(F)(F)F)c2)cc1C#Cc1ccnc(NC(=O)OC(C)(C)C)c1. The number of hydrogen-bond acceptors (Lipinski definition) is 6. The molecular formula is C33H36F3N5O3. The zero-order valence-corrected chi connectivity index (χ0v) is 25.4. The number of ether oxygens (including phenoxy) is 1. The van der Waals surface area contributed by atoms with Crippen LogP contribution in [0.1, 0.15) is 58.9 Å². The summed E-state index contributed by atoms with van der Waals surface area (Å²) in [6, 6.07) is 12.1. The number of aromatic nitrogens is 1. The predicted molar refractivity (Wildman–Crippen MR) is 163 cm³/mol. The van der Waals surface area contributed by atoms with Crippen LogP contribution in [0.2, 0.25) is 0 Å². The molecule has 232 valence electrons. The summed E-state index contributed by atoms with van der Waals surface area (Å²) in [5, 5.41) is 5.17. The number of anilines is 2. The fourth-order valence-electron chi connectivity index (χ4n) is 4.53. The number of nitrogens with zero attached hydrogens (tertiary/aromatic N) is 3. The minimum atomic E-state index is -4.56. The molecule has 1 aliphatic heterocycles. The second-order valence-corrected chi connectivity index (χ2v) is 11.7. The Morgan fingerprint density at radius 1 is 0.955 bits per heavy atom. The summed E-state index contributed by atoms with van der Waals surface area (Å²) in [5.74, 6) is 5.74. The van der Waals surface area contributed by atoms with Crippen LogP contribution in [-0.2, 0) is 17.5 Å². The maximum absolute atomic E-state index is 14.0. The fourth-order valence-corrected chi connectivity index (χ4v) is 4.53. The lowest BCUT2D eigenvalue weighted by Crippen LogP contribution is -2.44. The molecule has 8 nitrogen and oxygen atoms in total. The largest absolute Gasteiger partial charge is 0.444 e. The minimum Gasteiger partial charge on any atom is -0.444 e. The molecule has 4 rings (SSSR count). The van der Waals surface area contributed by atoms with Gasteiger partial charge in [0.25, 0.3) is 5.91 Å². The fraction of sp³-hybridized carbons (Fsp3) is 0.364. The van der Waals surface area contributed by atoms with E-state index in [2.05, 4.69) is 32.4 Å². The topological polar surface area (TPSA) is 86.8 Å². The zero-order valence-electron chi connectivity index (χ0n) is 25.4. The van der Waals surface area contributed by atoms with Gasteiger partial charge >= 0.3 is 12.3 Å². The van der Waals surface area contributed by atoms with E-state index in [1.54, 1.807) is 51.1 Å². The molecule has 2 N–H and O–H groups in total. The van der Waals surface area contributed by atoms with Gasteiger partial charge in [0.1, 0.15) is 11.4 Å². The molecule has 0 radical (unpaired) electrons. The number of carbonyl (C=O) groups excluding carboxylic acids is 2. The van der Waals surface area contributed by atoms with E-state index >= 15 is 0 Å². The molecule has 11 heteroatoms. The molecule has 0 saturated carbocycles. The van der Waals surface area contributed by atoms with Gasteiger partial charge in [-0.15, -0.1) is 0 Å². The Labute approximate surface area is 255 Å². The molecule has 1 aliphatic rings. The van der Waals surface area contributed by atoms with Crippen LogP contribution in [0.4, 0.5) is 29.5 Å². The number of nitrogens with one attached hydrogen (secondary N) is 2. The Morgan fingerprint density at radius 3 is 2.36 bits per heavy atom. The number of aryl methyl sites for hydroxylation is 1. The lowest BCUT2D eigenvalue weighted by atomic mass is 10.0. The number of alkyl halides is 3. The first-order valence-electron chi connectivity index (χ1n) is 14.2. The second-order valence-electron chi connectivity index (χ2n) is 11.7. The number of halogens is 3. The van der Waals surface area contributed by atoms with Crippen LogP contribution < -0.4 is 10.6 Å². The standard InChI is InChI=1S/C33H36F3N5O3/c1-22-6-8-25(19-24(22)9-7-23-12-13-37-29(18-23)39-31(43)44-32(2,3)4)30(42)38-27-11-10-26(28(20-27)33(34,35)36)21-41-16-14-40(5)15-17-41/h6,8,10-13,18-20H,14-17,21H2,1-5H3,(H,38,42)(H,37,39,43). The quantitative estimate of drug-likeness (QED) is 0.338. The van der Waals surface area contributed by atoms with Crippen molar-refractivity contribution in [3.05, 3.63) is 88.1 Å². The highest BCUT2D eigenvalue weighted by atomic mass is 19.4. The van der Waals surface area contributed by atoms with E-state index in [0.29, 0.717) is 24.2 Å². The average molecular weight is 608 g/mol. The van der Waals surface area contributed by atoms with E-state index < -0.39 is 29.3 Å². The van der Waals surface area contributed by atoms with Gasteiger partial charge < -0.3 is 15.0 Å². The van der Waals surface area contributed by atoms with Crippen LogP contribution in [0.3, 0.4) is 0 Å². The number of amides is 2. The number of carbonyl (C=O) groups is 2. The summed E-state index contributed by atoms with van der Waals surface area (Å²) in [6.45, 7) is 10.3. The van der Waals surface area contributed by atoms with Gasteiger partial charge in [-0.05, 0) is 82.3 Å². The number of pyridine rings is 1. The van der Waals surface area contributed by atoms with Crippen molar-refractivity contribution in [1.29, 1.82) is 0 Å². The number of benzene rings is 2. The number of rotatable bonds is 5. The summed E-state index contributed by atoms with van der Waals surface area (Å²) in [4.78, 5) is 33.4. The van der Waals surface area contributed by atoms with Gasteiger partial charge in [0, 0.05) is 61.3 Å². The molecule has 0 atom stereocenters. The van der Waals surface area contributed by atoms with Crippen LogP contribution in [0.5, 0.6) is 0 Å². The van der Waals surface area contributed by atoms with E-state index in [1.165, 1.54) is 18.3 Å². The highest BCUT2D eigenvalue weighted by molar-refractivity contribution is 6.04. The minimum absolute atomic E-state index is 0.0551. The van der Waals surface area contributed by atoms with Crippen molar-refractivity contribution >= 4 is 23.5 Å². The van der Waals surface area contributed by atoms with E-state index in [4.69, 9.17) is 4.74 Å². The van der Waals surface area contributed by atoms with Gasteiger partial charge in [-0.1, -0.05) is 24.0 Å². The molecule has 0 unspecified atom stereocenters. The monoisotopic (exact) mass is 607 g/mol. The van der Waals surface area contributed by atoms with E-state index in [1.807, 2.05) is 18.9 Å². The van der Waals surface area contributed by atoms with Crippen molar-refractivity contribution in [3.8, 4) is 11.8 Å². The molecule has 0 aliphatic carbocycles. The first-order chi connectivity index (χ1) is 20.7. The van der Waals surface area contributed by atoms with Crippen molar-refractivity contribution in [2.45, 2.75) is 46.0 Å². The van der Waals surface area contributed by atoms with Crippen LogP contribution in [-0.4, -0.2) is 65.6 Å². The van der Waals surface area contributed by atoms with Crippen LogP contribution in [0, 0.1) is 18.8 Å². The Balaban J connectivity index is 1.48. The highest BCUT2D eigenvalue weighted by Gasteiger charge is 2.34. The molecule has 44 heavy (non-hydrogen) atoms. The Kier molecular flexibility index (Phi) is 9.97. The maximum Gasteiger partial charge on any atom is 0.416 e. The lowest BCUT2D eigenvalue weighted by Gasteiger charge is -2.33. The zero-order chi connectivity index (χ0) is 32.1. The van der Waals surface area contributed by atoms with E-state index in [9.17, 15) is 22.8 Å². The predicted octanol–water partition coefficient (Wildman–Crippen LogP) is 6.16. The number of piperazine rings is 1. The molecule has 2 amide bonds. The maximum atomic E-state index is 14.0. The second kappa shape index (κ2) is 13.5.